The van der Waals surface area contributed by atoms with Crippen molar-refractivity contribution in [2.45, 2.75) is 19.4 Å². The van der Waals surface area contributed by atoms with E-state index >= 15 is 0 Å². The summed E-state index contributed by atoms with van der Waals surface area (Å²) in [7, 11) is 0. The standard InChI is InChI=1S/C16H16N2O3/c1-11(13-5-3-2-4-6-13)15(19)18-10-12-7-8-14(16(20)21)17-9-12/h2-9,11H,10H2,1H3,(H,18,19)(H,20,21). The Kier molecular flexibility index (Phi) is 4.66. The molecule has 0 aliphatic carbocycles. The summed E-state index contributed by atoms with van der Waals surface area (Å²) in [6, 6.07) is 12.6. The van der Waals surface area contributed by atoms with Crippen molar-refractivity contribution in [1.29, 1.82) is 0 Å². The molecule has 2 N–H and O–H groups in total. The molecule has 0 spiro atoms. The second-order valence-electron chi connectivity index (χ2n) is 4.71. The Labute approximate surface area is 122 Å². The zero-order chi connectivity index (χ0) is 15.2. The number of carboxylic acid groups (broad SMARTS) is 1. The van der Waals surface area contributed by atoms with Crippen molar-refractivity contribution in [2.75, 3.05) is 0 Å². The summed E-state index contributed by atoms with van der Waals surface area (Å²) in [5.74, 6) is -1.38. The number of carbonyl (C=O) groups is 2. The summed E-state index contributed by atoms with van der Waals surface area (Å²) in [6.07, 6.45) is 1.46. The Morgan fingerprint density at radius 2 is 1.90 bits per heavy atom. The molecule has 0 bridgehead atoms. The van der Waals surface area contributed by atoms with Crippen molar-refractivity contribution >= 4 is 11.9 Å². The largest absolute Gasteiger partial charge is 0.477 e. The molecule has 1 amide bonds. The molecule has 2 rings (SSSR count). The molecule has 1 unspecified atom stereocenters. The summed E-state index contributed by atoms with van der Waals surface area (Å²) < 4.78 is 0. The number of aromatic carboxylic acids is 1. The van der Waals surface area contributed by atoms with Crippen LogP contribution in [0.1, 0.15) is 34.5 Å². The van der Waals surface area contributed by atoms with Gasteiger partial charge in [0.15, 0.2) is 0 Å². The summed E-state index contributed by atoms with van der Waals surface area (Å²) in [5.41, 5.74) is 1.70. The number of hydrogen-bond acceptors (Lipinski definition) is 3. The van der Waals surface area contributed by atoms with Gasteiger partial charge < -0.3 is 10.4 Å². The highest BCUT2D eigenvalue weighted by Crippen LogP contribution is 2.14. The molecule has 0 saturated heterocycles. The van der Waals surface area contributed by atoms with Gasteiger partial charge in [0.25, 0.3) is 0 Å². The first-order valence-electron chi connectivity index (χ1n) is 6.59. The lowest BCUT2D eigenvalue weighted by atomic mass is 10.0. The molecule has 5 nitrogen and oxygen atoms in total. The number of amides is 1. The zero-order valence-corrected chi connectivity index (χ0v) is 11.6. The number of aromatic nitrogens is 1. The number of carbonyl (C=O) groups excluding carboxylic acids is 1. The van der Waals surface area contributed by atoms with E-state index in [2.05, 4.69) is 10.3 Å². The van der Waals surface area contributed by atoms with E-state index in [1.807, 2.05) is 37.3 Å². The van der Waals surface area contributed by atoms with Crippen molar-refractivity contribution in [1.82, 2.24) is 10.3 Å². The minimum absolute atomic E-state index is 0.0114. The molecule has 1 aromatic heterocycles. The molecule has 0 fully saturated rings. The molecule has 0 saturated carbocycles. The van der Waals surface area contributed by atoms with Gasteiger partial charge in [0.2, 0.25) is 5.91 Å². The van der Waals surface area contributed by atoms with Crippen LogP contribution in [0.3, 0.4) is 0 Å². The fourth-order valence-electron chi connectivity index (χ4n) is 1.89. The van der Waals surface area contributed by atoms with Gasteiger partial charge in [-0.2, -0.15) is 0 Å². The molecule has 0 radical (unpaired) electrons. The zero-order valence-electron chi connectivity index (χ0n) is 11.6. The summed E-state index contributed by atoms with van der Waals surface area (Å²) in [6.45, 7) is 2.17. The summed E-state index contributed by atoms with van der Waals surface area (Å²) in [5, 5.41) is 11.6. The van der Waals surface area contributed by atoms with Gasteiger partial charge in [0, 0.05) is 12.7 Å². The maximum Gasteiger partial charge on any atom is 0.354 e. The number of carboxylic acids is 1. The number of nitrogens with one attached hydrogen (secondary N) is 1. The number of hydrogen-bond donors (Lipinski definition) is 2. The lowest BCUT2D eigenvalue weighted by Gasteiger charge is -2.12. The van der Waals surface area contributed by atoms with Crippen LogP contribution in [0.2, 0.25) is 0 Å². The van der Waals surface area contributed by atoms with E-state index in [1.54, 1.807) is 6.07 Å². The molecular weight excluding hydrogens is 268 g/mol. The van der Waals surface area contributed by atoms with E-state index in [1.165, 1.54) is 12.3 Å². The Morgan fingerprint density at radius 1 is 1.19 bits per heavy atom. The van der Waals surface area contributed by atoms with Crippen molar-refractivity contribution in [3.05, 3.63) is 65.5 Å². The van der Waals surface area contributed by atoms with Gasteiger partial charge in [-0.3, -0.25) is 4.79 Å². The van der Waals surface area contributed by atoms with Gasteiger partial charge in [-0.05, 0) is 24.1 Å². The second kappa shape index (κ2) is 6.65. The van der Waals surface area contributed by atoms with Crippen LogP contribution in [0.4, 0.5) is 0 Å². The minimum Gasteiger partial charge on any atom is -0.477 e. The second-order valence-corrected chi connectivity index (χ2v) is 4.71. The minimum atomic E-state index is -1.07. The molecule has 1 atom stereocenters. The topological polar surface area (TPSA) is 79.3 Å². The van der Waals surface area contributed by atoms with Gasteiger partial charge in [-0.1, -0.05) is 36.4 Å². The first-order chi connectivity index (χ1) is 10.1. The Balaban J connectivity index is 1.93. The van der Waals surface area contributed by atoms with Crippen molar-refractivity contribution < 1.29 is 14.7 Å². The Morgan fingerprint density at radius 3 is 2.48 bits per heavy atom. The molecule has 5 heteroatoms. The number of rotatable bonds is 5. The van der Waals surface area contributed by atoms with Crippen LogP contribution in [-0.4, -0.2) is 22.0 Å². The molecule has 0 aliphatic heterocycles. The van der Waals surface area contributed by atoms with E-state index in [-0.39, 0.29) is 17.5 Å². The van der Waals surface area contributed by atoms with E-state index in [0.717, 1.165) is 11.1 Å². The fraction of sp³-hybridized carbons (Fsp3) is 0.188. The van der Waals surface area contributed by atoms with Gasteiger partial charge >= 0.3 is 5.97 Å². The molecule has 1 aromatic carbocycles. The molecule has 1 heterocycles. The van der Waals surface area contributed by atoms with Crippen LogP contribution in [0.15, 0.2) is 48.7 Å². The van der Waals surface area contributed by atoms with Crippen LogP contribution >= 0.6 is 0 Å². The van der Waals surface area contributed by atoms with Gasteiger partial charge in [-0.15, -0.1) is 0 Å². The van der Waals surface area contributed by atoms with Crippen molar-refractivity contribution in [2.24, 2.45) is 0 Å². The summed E-state index contributed by atoms with van der Waals surface area (Å²) in [4.78, 5) is 26.6. The highest BCUT2D eigenvalue weighted by Gasteiger charge is 2.14. The van der Waals surface area contributed by atoms with Crippen molar-refractivity contribution in [3.63, 3.8) is 0 Å². The predicted molar refractivity (Wildman–Crippen MR) is 77.9 cm³/mol. The van der Waals surface area contributed by atoms with E-state index in [4.69, 9.17) is 5.11 Å². The molecule has 2 aromatic rings. The Bertz CT molecular complexity index is 624. The SMILES string of the molecule is CC(C(=O)NCc1ccc(C(=O)O)nc1)c1ccccc1. The number of benzene rings is 1. The third-order valence-corrected chi connectivity index (χ3v) is 3.20. The predicted octanol–water partition coefficient (Wildman–Crippen LogP) is 2.20. The highest BCUT2D eigenvalue weighted by atomic mass is 16.4. The fourth-order valence-corrected chi connectivity index (χ4v) is 1.89. The maximum atomic E-state index is 12.1. The van der Waals surface area contributed by atoms with E-state index in [9.17, 15) is 9.59 Å². The lowest BCUT2D eigenvalue weighted by Crippen LogP contribution is -2.27. The van der Waals surface area contributed by atoms with Crippen LogP contribution in [-0.2, 0) is 11.3 Å². The van der Waals surface area contributed by atoms with Crippen LogP contribution in [0.25, 0.3) is 0 Å². The average molecular weight is 284 g/mol. The number of nitrogens with zero attached hydrogens (tertiary/aromatic N) is 1. The van der Waals surface area contributed by atoms with Crippen molar-refractivity contribution in [3.8, 4) is 0 Å². The monoisotopic (exact) mass is 284 g/mol. The van der Waals surface area contributed by atoms with Crippen LogP contribution in [0.5, 0.6) is 0 Å². The van der Waals surface area contributed by atoms with Crippen LogP contribution in [0, 0.1) is 0 Å². The first kappa shape index (κ1) is 14.7. The average Bonchev–Trinajstić information content (AvgIpc) is 2.53. The van der Waals surface area contributed by atoms with Gasteiger partial charge in [0.1, 0.15) is 5.69 Å². The third kappa shape index (κ3) is 3.89. The summed E-state index contributed by atoms with van der Waals surface area (Å²) >= 11 is 0. The highest BCUT2D eigenvalue weighted by molar-refractivity contribution is 5.85. The molecular formula is C16H16N2O3. The lowest BCUT2D eigenvalue weighted by molar-refractivity contribution is -0.122. The van der Waals surface area contributed by atoms with Crippen LogP contribution < -0.4 is 5.32 Å². The van der Waals surface area contributed by atoms with Gasteiger partial charge in [0.05, 0.1) is 5.92 Å². The van der Waals surface area contributed by atoms with Gasteiger partial charge in [-0.25, -0.2) is 9.78 Å². The maximum absolute atomic E-state index is 12.1. The Hall–Kier alpha value is -2.69. The quantitative estimate of drug-likeness (QED) is 0.882. The molecule has 0 aliphatic rings. The van der Waals surface area contributed by atoms with E-state index in [0.29, 0.717) is 6.54 Å². The normalized spacial score (nSPS) is 11.7. The smallest absolute Gasteiger partial charge is 0.354 e. The number of pyridine rings is 1. The first-order valence-corrected chi connectivity index (χ1v) is 6.59. The van der Waals surface area contributed by atoms with E-state index < -0.39 is 5.97 Å². The molecule has 108 valence electrons. The molecule has 21 heavy (non-hydrogen) atoms. The third-order valence-electron chi connectivity index (χ3n) is 3.20.